The van der Waals surface area contributed by atoms with Crippen LogP contribution in [0.5, 0.6) is 0 Å². The number of hydrogen-bond acceptors (Lipinski definition) is 3. The lowest BCUT2D eigenvalue weighted by molar-refractivity contribution is -0.123. The molecule has 1 saturated carbocycles. The van der Waals surface area contributed by atoms with Gasteiger partial charge in [0.1, 0.15) is 6.10 Å². The summed E-state index contributed by atoms with van der Waals surface area (Å²) < 4.78 is 5.20. The minimum atomic E-state index is -0.419. The molecule has 1 amide bonds. The first-order chi connectivity index (χ1) is 8.24. The van der Waals surface area contributed by atoms with Crippen LogP contribution in [0, 0.1) is 0 Å². The van der Waals surface area contributed by atoms with E-state index in [0.717, 1.165) is 18.4 Å². The normalized spacial score (nSPS) is 21.9. The van der Waals surface area contributed by atoms with Crippen LogP contribution in [0.2, 0.25) is 0 Å². The zero-order chi connectivity index (χ0) is 11.8. The molecule has 88 valence electrons. The molecule has 0 aromatic heterocycles. The summed E-state index contributed by atoms with van der Waals surface area (Å²) in [5, 5.41) is 2.90. The summed E-state index contributed by atoms with van der Waals surface area (Å²) in [4.78, 5) is 23.2. The van der Waals surface area contributed by atoms with Crippen molar-refractivity contribution in [1.29, 1.82) is 0 Å². The van der Waals surface area contributed by atoms with Gasteiger partial charge in [0, 0.05) is 11.6 Å². The summed E-state index contributed by atoms with van der Waals surface area (Å²) in [6.45, 7) is 0. The van der Waals surface area contributed by atoms with Crippen LogP contribution in [-0.4, -0.2) is 17.9 Å². The molecular weight excluding hydrogens is 218 g/mol. The predicted molar refractivity (Wildman–Crippen MR) is 60.4 cm³/mol. The quantitative estimate of drug-likeness (QED) is 0.803. The number of carbonyl (C=O) groups excluding carboxylic acids is 2. The molecule has 1 heterocycles. The first-order valence-electron chi connectivity index (χ1n) is 5.83. The van der Waals surface area contributed by atoms with Crippen molar-refractivity contribution in [3.05, 3.63) is 35.4 Å². The fraction of sp³-hybridized carbons (Fsp3) is 0.385. The fourth-order valence-corrected chi connectivity index (χ4v) is 2.05. The van der Waals surface area contributed by atoms with Crippen LogP contribution in [0.4, 0.5) is 0 Å². The summed E-state index contributed by atoms with van der Waals surface area (Å²) in [6, 6.07) is 7.57. The van der Waals surface area contributed by atoms with Crippen molar-refractivity contribution in [2.75, 3.05) is 0 Å². The Labute approximate surface area is 99.0 Å². The highest BCUT2D eigenvalue weighted by Crippen LogP contribution is 2.32. The molecule has 0 radical (unpaired) electrons. The van der Waals surface area contributed by atoms with Gasteiger partial charge >= 0.3 is 5.97 Å². The molecule has 1 fully saturated rings. The van der Waals surface area contributed by atoms with Crippen molar-refractivity contribution in [3.8, 4) is 0 Å². The van der Waals surface area contributed by atoms with Crippen LogP contribution >= 0.6 is 0 Å². The molecular formula is C13H13NO3. The van der Waals surface area contributed by atoms with E-state index in [0.29, 0.717) is 11.6 Å². The smallest absolute Gasteiger partial charge is 0.339 e. The third-order valence-corrected chi connectivity index (χ3v) is 3.09. The third kappa shape index (κ3) is 2.02. The first kappa shape index (κ1) is 10.3. The Bertz CT molecular complexity index is 479. The number of rotatable bonds is 3. The number of amides is 1. The summed E-state index contributed by atoms with van der Waals surface area (Å²) in [5.74, 6) is -0.369. The monoisotopic (exact) mass is 231 g/mol. The van der Waals surface area contributed by atoms with Gasteiger partial charge < -0.3 is 10.1 Å². The standard InChI is InChI=1S/C13H13NO3/c15-12(14-8-5-6-8)7-11-9-3-1-2-4-10(9)13(16)17-11/h1-4,8,11H,5-7H2,(H,14,15)/t11-/m0/s1. The van der Waals surface area contributed by atoms with Crippen molar-refractivity contribution in [2.45, 2.75) is 31.4 Å². The molecule has 4 heteroatoms. The van der Waals surface area contributed by atoms with Crippen molar-refractivity contribution in [3.63, 3.8) is 0 Å². The number of fused-ring (bicyclic) bond motifs is 1. The van der Waals surface area contributed by atoms with Crippen molar-refractivity contribution in [2.24, 2.45) is 0 Å². The summed E-state index contributed by atoms with van der Waals surface area (Å²) in [5.41, 5.74) is 1.40. The van der Waals surface area contributed by atoms with E-state index < -0.39 is 6.10 Å². The van der Waals surface area contributed by atoms with Crippen molar-refractivity contribution >= 4 is 11.9 Å². The second-order valence-electron chi connectivity index (χ2n) is 4.53. The lowest BCUT2D eigenvalue weighted by Crippen LogP contribution is -2.26. The Morgan fingerprint density at radius 3 is 2.88 bits per heavy atom. The van der Waals surface area contributed by atoms with Gasteiger partial charge in [0.25, 0.3) is 0 Å². The molecule has 0 spiro atoms. The van der Waals surface area contributed by atoms with E-state index in [9.17, 15) is 9.59 Å². The molecule has 1 aliphatic carbocycles. The van der Waals surface area contributed by atoms with E-state index in [1.165, 1.54) is 0 Å². The van der Waals surface area contributed by atoms with Gasteiger partial charge in [-0.05, 0) is 18.9 Å². The molecule has 17 heavy (non-hydrogen) atoms. The van der Waals surface area contributed by atoms with Gasteiger partial charge in [0.05, 0.1) is 12.0 Å². The van der Waals surface area contributed by atoms with E-state index in [4.69, 9.17) is 4.74 Å². The van der Waals surface area contributed by atoms with Gasteiger partial charge in [0.2, 0.25) is 5.91 Å². The topological polar surface area (TPSA) is 55.4 Å². The van der Waals surface area contributed by atoms with Gasteiger partial charge in [-0.1, -0.05) is 18.2 Å². The highest BCUT2D eigenvalue weighted by molar-refractivity contribution is 5.94. The van der Waals surface area contributed by atoms with E-state index in [1.807, 2.05) is 12.1 Å². The maximum atomic E-state index is 11.7. The van der Waals surface area contributed by atoms with Gasteiger partial charge in [-0.2, -0.15) is 0 Å². The Balaban J connectivity index is 1.72. The van der Waals surface area contributed by atoms with Gasteiger partial charge in [0.15, 0.2) is 0 Å². The number of esters is 1. The van der Waals surface area contributed by atoms with Crippen molar-refractivity contribution < 1.29 is 14.3 Å². The predicted octanol–water partition coefficient (Wildman–Crippen LogP) is 1.57. The van der Waals surface area contributed by atoms with Crippen LogP contribution < -0.4 is 5.32 Å². The first-order valence-corrected chi connectivity index (χ1v) is 5.83. The van der Waals surface area contributed by atoms with Gasteiger partial charge in [-0.3, -0.25) is 4.79 Å². The molecule has 3 rings (SSSR count). The fourth-order valence-electron chi connectivity index (χ4n) is 2.05. The highest BCUT2D eigenvalue weighted by Gasteiger charge is 2.33. The largest absolute Gasteiger partial charge is 0.453 e. The highest BCUT2D eigenvalue weighted by atomic mass is 16.5. The number of ether oxygens (including phenoxy) is 1. The molecule has 2 aliphatic rings. The number of nitrogens with one attached hydrogen (secondary N) is 1. The molecule has 1 N–H and O–H groups in total. The molecule has 1 aromatic carbocycles. The summed E-state index contributed by atoms with van der Waals surface area (Å²) in [7, 11) is 0. The maximum Gasteiger partial charge on any atom is 0.339 e. The second kappa shape index (κ2) is 3.87. The molecule has 1 aromatic rings. The Hall–Kier alpha value is -1.84. The van der Waals surface area contributed by atoms with Crippen LogP contribution in [0.3, 0.4) is 0 Å². The van der Waals surface area contributed by atoms with E-state index in [2.05, 4.69) is 5.32 Å². The van der Waals surface area contributed by atoms with Crippen LogP contribution in [0.25, 0.3) is 0 Å². The Morgan fingerprint density at radius 1 is 1.35 bits per heavy atom. The zero-order valence-electron chi connectivity index (χ0n) is 9.31. The third-order valence-electron chi connectivity index (χ3n) is 3.09. The van der Waals surface area contributed by atoms with Crippen LogP contribution in [0.1, 0.15) is 41.3 Å². The van der Waals surface area contributed by atoms with Crippen molar-refractivity contribution in [1.82, 2.24) is 5.32 Å². The van der Waals surface area contributed by atoms with Gasteiger partial charge in [-0.25, -0.2) is 4.79 Å². The lowest BCUT2D eigenvalue weighted by Gasteiger charge is -2.10. The Morgan fingerprint density at radius 2 is 2.12 bits per heavy atom. The minimum Gasteiger partial charge on any atom is -0.453 e. The number of cyclic esters (lactones) is 1. The molecule has 0 unspecified atom stereocenters. The van der Waals surface area contributed by atoms with E-state index in [-0.39, 0.29) is 18.3 Å². The van der Waals surface area contributed by atoms with E-state index in [1.54, 1.807) is 12.1 Å². The Kier molecular flexibility index (Phi) is 2.35. The van der Waals surface area contributed by atoms with Crippen LogP contribution in [-0.2, 0) is 9.53 Å². The molecule has 0 bridgehead atoms. The summed E-state index contributed by atoms with van der Waals surface area (Å²) >= 11 is 0. The maximum absolute atomic E-state index is 11.7. The van der Waals surface area contributed by atoms with Crippen LogP contribution in [0.15, 0.2) is 24.3 Å². The molecule has 0 saturated heterocycles. The number of benzene rings is 1. The van der Waals surface area contributed by atoms with Gasteiger partial charge in [-0.15, -0.1) is 0 Å². The average molecular weight is 231 g/mol. The lowest BCUT2D eigenvalue weighted by atomic mass is 10.0. The zero-order valence-corrected chi connectivity index (χ0v) is 9.31. The molecule has 1 atom stereocenters. The number of carbonyl (C=O) groups is 2. The SMILES string of the molecule is O=C(C[C@@H]1OC(=O)c2ccccc21)NC1CC1. The minimum absolute atomic E-state index is 0.0398. The second-order valence-corrected chi connectivity index (χ2v) is 4.53. The molecule has 4 nitrogen and oxygen atoms in total. The number of hydrogen-bond donors (Lipinski definition) is 1. The molecule has 1 aliphatic heterocycles. The average Bonchev–Trinajstić information content (AvgIpc) is 3.06. The van der Waals surface area contributed by atoms with E-state index >= 15 is 0 Å². The summed E-state index contributed by atoms with van der Waals surface area (Å²) in [6.07, 6.45) is 1.93.